The second-order valence-electron chi connectivity index (χ2n) is 11.5. The molecule has 2 N–H and O–H groups in total. The monoisotopic (exact) mass is 574 g/mol. The number of carbonyl (C=O) groups excluding carboxylic acids is 2. The summed E-state index contributed by atoms with van der Waals surface area (Å²) in [4.78, 5) is 36.7. The van der Waals surface area contributed by atoms with E-state index in [0.29, 0.717) is 32.1 Å². The highest BCUT2D eigenvalue weighted by Crippen LogP contribution is 2.26. The van der Waals surface area contributed by atoms with E-state index in [2.05, 4.69) is 68.9 Å². The first kappa shape index (κ1) is 30.9. The van der Waals surface area contributed by atoms with Gasteiger partial charge in [-0.05, 0) is 76.2 Å². The van der Waals surface area contributed by atoms with Crippen LogP contribution in [-0.2, 0) is 27.2 Å². The van der Waals surface area contributed by atoms with Crippen LogP contribution in [0.3, 0.4) is 0 Å². The van der Waals surface area contributed by atoms with Gasteiger partial charge in [0.1, 0.15) is 11.9 Å². The van der Waals surface area contributed by atoms with Crippen LogP contribution in [0.4, 0.5) is 22.1 Å². The first-order valence-corrected chi connectivity index (χ1v) is 14.4. The molecular formula is C32H42N6O4. The third kappa shape index (κ3) is 9.81. The molecule has 4 rings (SSSR count). The highest BCUT2D eigenvalue weighted by atomic mass is 16.6. The van der Waals surface area contributed by atoms with Gasteiger partial charge in [0.05, 0.1) is 18.9 Å². The smallest absolute Gasteiger partial charge is 0.407 e. The number of nitrogens with one attached hydrogen (secondary N) is 2. The summed E-state index contributed by atoms with van der Waals surface area (Å²) in [5.41, 5.74) is 5.34. The Balaban J connectivity index is 1.33. The van der Waals surface area contributed by atoms with Crippen molar-refractivity contribution in [2.24, 2.45) is 0 Å². The Labute approximate surface area is 248 Å². The van der Waals surface area contributed by atoms with Crippen molar-refractivity contribution in [2.45, 2.75) is 45.8 Å². The lowest BCUT2D eigenvalue weighted by atomic mass is 10.1. The first-order chi connectivity index (χ1) is 20.2. The number of anilines is 3. The van der Waals surface area contributed by atoms with Gasteiger partial charge in [0, 0.05) is 55.7 Å². The van der Waals surface area contributed by atoms with Crippen molar-refractivity contribution >= 4 is 29.7 Å². The van der Waals surface area contributed by atoms with Crippen molar-refractivity contribution in [1.82, 2.24) is 20.2 Å². The van der Waals surface area contributed by atoms with E-state index in [-0.39, 0.29) is 6.09 Å². The maximum absolute atomic E-state index is 11.8. The van der Waals surface area contributed by atoms with E-state index >= 15 is 0 Å². The summed E-state index contributed by atoms with van der Waals surface area (Å²) in [5, 5.41) is 6.14. The molecule has 1 saturated heterocycles. The van der Waals surface area contributed by atoms with Gasteiger partial charge in [0.25, 0.3) is 0 Å². The summed E-state index contributed by atoms with van der Waals surface area (Å²) in [6.07, 6.45) is 3.46. The van der Waals surface area contributed by atoms with Gasteiger partial charge in [-0.2, -0.15) is 0 Å². The number of aromatic nitrogens is 2. The van der Waals surface area contributed by atoms with E-state index in [1.54, 1.807) is 6.20 Å². The van der Waals surface area contributed by atoms with E-state index in [9.17, 15) is 9.59 Å². The van der Waals surface area contributed by atoms with Crippen molar-refractivity contribution in [3.05, 3.63) is 65.9 Å². The van der Waals surface area contributed by atoms with E-state index < -0.39 is 5.60 Å². The van der Waals surface area contributed by atoms with Crippen molar-refractivity contribution in [3.8, 4) is 11.3 Å². The summed E-state index contributed by atoms with van der Waals surface area (Å²) in [5.74, 6) is 0.493. The quantitative estimate of drug-likeness (QED) is 0.233. The molecule has 10 heteroatoms. The molecule has 2 aromatic carbocycles. The predicted molar refractivity (Wildman–Crippen MR) is 165 cm³/mol. The molecule has 3 aromatic rings. The fourth-order valence-electron chi connectivity index (χ4n) is 4.70. The van der Waals surface area contributed by atoms with Crippen LogP contribution in [0.1, 0.15) is 38.3 Å². The summed E-state index contributed by atoms with van der Waals surface area (Å²) in [7, 11) is 2.07. The lowest BCUT2D eigenvalue weighted by Gasteiger charge is -2.29. The van der Waals surface area contributed by atoms with Crippen LogP contribution in [0.15, 0.2) is 54.7 Å². The number of hydrogen-bond donors (Lipinski definition) is 2. The topological polar surface area (TPSA) is 109 Å². The maximum Gasteiger partial charge on any atom is 0.407 e. The van der Waals surface area contributed by atoms with Crippen LogP contribution in [0.2, 0.25) is 0 Å². The molecule has 0 saturated carbocycles. The summed E-state index contributed by atoms with van der Waals surface area (Å²) >= 11 is 0. The maximum atomic E-state index is 11.8. The van der Waals surface area contributed by atoms with Crippen LogP contribution in [0.5, 0.6) is 0 Å². The Bertz CT molecular complexity index is 1320. The van der Waals surface area contributed by atoms with Gasteiger partial charge in [-0.3, -0.25) is 0 Å². The van der Waals surface area contributed by atoms with Gasteiger partial charge < -0.3 is 34.7 Å². The predicted octanol–water partition coefficient (Wildman–Crippen LogP) is 4.81. The standard InChI is InChI=1S/C32H42N6O4/c1-32(2,3)42-31(40)34-12-5-14-37(4)23-24-6-8-26(9-7-24)29-10-13-33-30(36-29)35-27-20-25(11-17-39)21-28(22-27)38-15-18-41-19-16-38/h6-10,13,17,20-22H,5,11-12,14-16,18-19,23H2,1-4H3,(H,34,40)(H,33,35,36). The molecule has 1 aliphatic rings. The third-order valence-corrected chi connectivity index (χ3v) is 6.67. The van der Waals surface area contributed by atoms with E-state index in [0.717, 1.165) is 67.1 Å². The van der Waals surface area contributed by atoms with Crippen molar-refractivity contribution in [3.63, 3.8) is 0 Å². The number of rotatable bonds is 12. The van der Waals surface area contributed by atoms with Crippen LogP contribution in [0, 0.1) is 0 Å². The minimum absolute atomic E-state index is 0.346. The van der Waals surface area contributed by atoms with Gasteiger partial charge in [-0.1, -0.05) is 24.3 Å². The molecule has 42 heavy (non-hydrogen) atoms. The molecule has 0 aliphatic carbocycles. The van der Waals surface area contributed by atoms with E-state index in [1.807, 2.05) is 32.9 Å². The number of benzene rings is 2. The molecule has 2 heterocycles. The molecule has 0 bridgehead atoms. The van der Waals surface area contributed by atoms with E-state index in [4.69, 9.17) is 14.5 Å². The van der Waals surface area contributed by atoms with Crippen molar-refractivity contribution < 1.29 is 19.1 Å². The zero-order chi connectivity index (χ0) is 30.0. The molecule has 224 valence electrons. The van der Waals surface area contributed by atoms with Crippen molar-refractivity contribution in [1.29, 1.82) is 0 Å². The third-order valence-electron chi connectivity index (χ3n) is 6.67. The second-order valence-corrected chi connectivity index (χ2v) is 11.5. The molecule has 10 nitrogen and oxygen atoms in total. The summed E-state index contributed by atoms with van der Waals surface area (Å²) in [6, 6.07) is 16.3. The van der Waals surface area contributed by atoms with Crippen LogP contribution < -0.4 is 15.5 Å². The Hall–Kier alpha value is -4.02. The Kier molecular flexibility index (Phi) is 10.9. The number of amides is 1. The lowest BCUT2D eigenvalue weighted by molar-refractivity contribution is -0.107. The van der Waals surface area contributed by atoms with Gasteiger partial charge in [0.15, 0.2) is 0 Å². The highest BCUT2D eigenvalue weighted by Gasteiger charge is 2.16. The molecule has 0 atom stereocenters. The number of ether oxygens (including phenoxy) is 2. The average molecular weight is 575 g/mol. The Morgan fingerprint density at radius 3 is 2.57 bits per heavy atom. The SMILES string of the molecule is CN(CCCNC(=O)OC(C)(C)C)Cc1ccc(-c2ccnc(Nc3cc(CC=O)cc(N4CCOCC4)c3)n2)cc1. The van der Waals surface area contributed by atoms with Gasteiger partial charge in [0.2, 0.25) is 5.95 Å². The fraction of sp³-hybridized carbons (Fsp3) is 0.438. The zero-order valence-corrected chi connectivity index (χ0v) is 25.1. The minimum Gasteiger partial charge on any atom is -0.444 e. The number of nitrogens with zero attached hydrogens (tertiary/aromatic N) is 4. The molecule has 1 amide bonds. The first-order valence-electron chi connectivity index (χ1n) is 14.4. The fourth-order valence-corrected chi connectivity index (χ4v) is 4.70. The Morgan fingerprint density at radius 1 is 1.10 bits per heavy atom. The molecular weight excluding hydrogens is 532 g/mol. The minimum atomic E-state index is -0.492. The summed E-state index contributed by atoms with van der Waals surface area (Å²) < 4.78 is 10.8. The number of morpholine rings is 1. The van der Waals surface area contributed by atoms with Gasteiger partial charge in [-0.15, -0.1) is 0 Å². The lowest BCUT2D eigenvalue weighted by Crippen LogP contribution is -2.36. The van der Waals surface area contributed by atoms with Crippen LogP contribution in [-0.4, -0.2) is 79.3 Å². The highest BCUT2D eigenvalue weighted by molar-refractivity contribution is 5.69. The number of hydrogen-bond acceptors (Lipinski definition) is 9. The van der Waals surface area contributed by atoms with Gasteiger partial charge >= 0.3 is 6.09 Å². The Morgan fingerprint density at radius 2 is 1.86 bits per heavy atom. The van der Waals surface area contributed by atoms with E-state index in [1.165, 1.54) is 5.56 Å². The molecule has 1 aromatic heterocycles. The summed E-state index contributed by atoms with van der Waals surface area (Å²) in [6.45, 7) is 10.8. The van der Waals surface area contributed by atoms with Crippen LogP contribution in [0.25, 0.3) is 11.3 Å². The zero-order valence-electron chi connectivity index (χ0n) is 25.1. The molecule has 1 fully saturated rings. The van der Waals surface area contributed by atoms with Crippen LogP contribution >= 0.6 is 0 Å². The average Bonchev–Trinajstić information content (AvgIpc) is 2.95. The largest absolute Gasteiger partial charge is 0.444 e. The second kappa shape index (κ2) is 14.7. The molecule has 0 spiro atoms. The molecule has 0 unspecified atom stereocenters. The molecule has 1 aliphatic heterocycles. The van der Waals surface area contributed by atoms with Crippen molar-refractivity contribution in [2.75, 3.05) is 56.7 Å². The normalized spacial score (nSPS) is 13.6. The van der Waals surface area contributed by atoms with Gasteiger partial charge in [-0.25, -0.2) is 14.8 Å². The molecule has 0 radical (unpaired) electrons. The number of alkyl carbamates (subject to hydrolysis) is 1. The number of aldehydes is 1. The number of carbonyl (C=O) groups is 2.